The third-order valence-electron chi connectivity index (χ3n) is 3.13. The molecule has 0 aliphatic rings. The van der Waals surface area contributed by atoms with Crippen LogP contribution in [-0.2, 0) is 23.7 Å². The van der Waals surface area contributed by atoms with Gasteiger partial charge in [-0.2, -0.15) is 0 Å². The van der Waals surface area contributed by atoms with Crippen molar-refractivity contribution in [1.29, 1.82) is 0 Å². The standard InChI is InChI=1S/C19H41NO5/c1-18(2)20-8-11-23-14-12-21-9-6-7-10-22-13-15-24-16-17-25-19(3,4)5/h18,20H,6-17H2,1-5H3. The van der Waals surface area contributed by atoms with Gasteiger partial charge in [0.05, 0.1) is 51.8 Å². The van der Waals surface area contributed by atoms with Gasteiger partial charge in [0.15, 0.2) is 0 Å². The zero-order valence-electron chi connectivity index (χ0n) is 17.1. The second-order valence-corrected chi connectivity index (χ2v) is 7.23. The zero-order chi connectivity index (χ0) is 18.8. The lowest BCUT2D eigenvalue weighted by molar-refractivity contribution is -0.0427. The van der Waals surface area contributed by atoms with Crippen LogP contribution in [0.3, 0.4) is 0 Å². The van der Waals surface area contributed by atoms with Gasteiger partial charge in [0.2, 0.25) is 0 Å². The third-order valence-corrected chi connectivity index (χ3v) is 3.13. The maximum atomic E-state index is 5.57. The molecular weight excluding hydrogens is 322 g/mol. The molecule has 6 nitrogen and oxygen atoms in total. The van der Waals surface area contributed by atoms with Crippen molar-refractivity contribution >= 4 is 0 Å². The van der Waals surface area contributed by atoms with Gasteiger partial charge in [-0.3, -0.25) is 0 Å². The average Bonchev–Trinajstić information content (AvgIpc) is 2.52. The topological polar surface area (TPSA) is 58.2 Å². The minimum atomic E-state index is -0.0982. The van der Waals surface area contributed by atoms with E-state index in [4.69, 9.17) is 23.7 Å². The lowest BCUT2D eigenvalue weighted by Gasteiger charge is -2.19. The monoisotopic (exact) mass is 363 g/mol. The molecule has 1 N–H and O–H groups in total. The van der Waals surface area contributed by atoms with Crippen LogP contribution in [0.4, 0.5) is 0 Å². The smallest absolute Gasteiger partial charge is 0.0707 e. The summed E-state index contributed by atoms with van der Waals surface area (Å²) in [6.45, 7) is 17.3. The fourth-order valence-electron chi connectivity index (χ4n) is 1.88. The van der Waals surface area contributed by atoms with E-state index in [0.29, 0.717) is 45.7 Å². The van der Waals surface area contributed by atoms with Crippen molar-refractivity contribution in [3.8, 4) is 0 Å². The first-order valence-electron chi connectivity index (χ1n) is 9.60. The maximum absolute atomic E-state index is 5.57. The molecule has 0 heterocycles. The predicted molar refractivity (Wildman–Crippen MR) is 101 cm³/mol. The summed E-state index contributed by atoms with van der Waals surface area (Å²) < 4.78 is 27.5. The van der Waals surface area contributed by atoms with Gasteiger partial charge in [-0.15, -0.1) is 0 Å². The number of nitrogens with one attached hydrogen (secondary N) is 1. The Balaban J connectivity index is 3.03. The first-order valence-corrected chi connectivity index (χ1v) is 9.60. The molecule has 0 aromatic rings. The van der Waals surface area contributed by atoms with Crippen molar-refractivity contribution in [2.24, 2.45) is 0 Å². The van der Waals surface area contributed by atoms with Crippen LogP contribution in [-0.4, -0.2) is 77.6 Å². The predicted octanol–water partition coefficient (Wildman–Crippen LogP) is 2.65. The van der Waals surface area contributed by atoms with E-state index in [1.807, 2.05) is 20.8 Å². The fraction of sp³-hybridized carbons (Fsp3) is 1.00. The third kappa shape index (κ3) is 23.8. The molecule has 6 heteroatoms. The summed E-state index contributed by atoms with van der Waals surface area (Å²) in [5.74, 6) is 0. The summed E-state index contributed by atoms with van der Waals surface area (Å²) in [7, 11) is 0. The molecule has 0 amide bonds. The van der Waals surface area contributed by atoms with Gasteiger partial charge in [0, 0.05) is 25.8 Å². The molecule has 0 radical (unpaired) electrons. The van der Waals surface area contributed by atoms with Crippen molar-refractivity contribution < 1.29 is 23.7 Å². The minimum absolute atomic E-state index is 0.0982. The molecule has 0 saturated heterocycles. The van der Waals surface area contributed by atoms with Crippen LogP contribution in [0.15, 0.2) is 0 Å². The molecule has 0 aromatic carbocycles. The van der Waals surface area contributed by atoms with E-state index in [1.54, 1.807) is 0 Å². The van der Waals surface area contributed by atoms with E-state index in [0.717, 1.165) is 39.2 Å². The van der Waals surface area contributed by atoms with Crippen LogP contribution in [0.5, 0.6) is 0 Å². The Morgan fingerprint density at radius 2 is 1.08 bits per heavy atom. The van der Waals surface area contributed by atoms with E-state index >= 15 is 0 Å². The summed E-state index contributed by atoms with van der Waals surface area (Å²) in [5.41, 5.74) is -0.0982. The Morgan fingerprint density at radius 1 is 0.640 bits per heavy atom. The molecule has 152 valence electrons. The summed E-state index contributed by atoms with van der Waals surface area (Å²) in [5, 5.41) is 3.31. The van der Waals surface area contributed by atoms with E-state index in [1.165, 1.54) is 0 Å². The normalized spacial score (nSPS) is 12.2. The van der Waals surface area contributed by atoms with Crippen LogP contribution in [0, 0.1) is 0 Å². The molecular formula is C19H41NO5. The van der Waals surface area contributed by atoms with Crippen LogP contribution < -0.4 is 5.32 Å². The highest BCUT2D eigenvalue weighted by molar-refractivity contribution is 4.57. The highest BCUT2D eigenvalue weighted by Crippen LogP contribution is 2.05. The molecule has 25 heavy (non-hydrogen) atoms. The second kappa shape index (κ2) is 17.2. The number of unbranched alkanes of at least 4 members (excludes halogenated alkanes) is 1. The van der Waals surface area contributed by atoms with Gasteiger partial charge in [0.1, 0.15) is 0 Å². The van der Waals surface area contributed by atoms with Gasteiger partial charge >= 0.3 is 0 Å². The van der Waals surface area contributed by atoms with E-state index in [9.17, 15) is 0 Å². The van der Waals surface area contributed by atoms with Crippen molar-refractivity contribution in [3.05, 3.63) is 0 Å². The molecule has 0 aliphatic heterocycles. The molecule has 0 aliphatic carbocycles. The second-order valence-electron chi connectivity index (χ2n) is 7.23. The number of hydrogen-bond donors (Lipinski definition) is 1. The molecule has 0 spiro atoms. The average molecular weight is 364 g/mol. The van der Waals surface area contributed by atoms with Crippen molar-refractivity contribution in [2.45, 2.75) is 59.1 Å². The van der Waals surface area contributed by atoms with Crippen LogP contribution in [0.2, 0.25) is 0 Å². The quantitative estimate of drug-likeness (QED) is 0.378. The van der Waals surface area contributed by atoms with Gasteiger partial charge in [-0.25, -0.2) is 0 Å². The minimum Gasteiger partial charge on any atom is -0.379 e. The van der Waals surface area contributed by atoms with E-state index < -0.39 is 0 Å². The number of ether oxygens (including phenoxy) is 5. The van der Waals surface area contributed by atoms with E-state index in [2.05, 4.69) is 19.2 Å². The zero-order valence-corrected chi connectivity index (χ0v) is 17.1. The highest BCUT2D eigenvalue weighted by Gasteiger charge is 2.08. The molecule has 0 aromatic heterocycles. The van der Waals surface area contributed by atoms with Crippen molar-refractivity contribution in [1.82, 2.24) is 5.32 Å². The molecule has 0 saturated carbocycles. The largest absolute Gasteiger partial charge is 0.379 e. The van der Waals surface area contributed by atoms with Gasteiger partial charge in [-0.1, -0.05) is 13.8 Å². The molecule has 0 bridgehead atoms. The van der Waals surface area contributed by atoms with Gasteiger partial charge in [-0.05, 0) is 33.6 Å². The first kappa shape index (κ1) is 24.8. The Morgan fingerprint density at radius 3 is 1.56 bits per heavy atom. The maximum Gasteiger partial charge on any atom is 0.0707 e. The lowest BCUT2D eigenvalue weighted by Crippen LogP contribution is -2.27. The molecule has 0 rings (SSSR count). The SMILES string of the molecule is CC(C)NCCOCCOCCCCOCCOCCOC(C)(C)C. The first-order chi connectivity index (χ1) is 11.9. The van der Waals surface area contributed by atoms with Crippen LogP contribution in [0.1, 0.15) is 47.5 Å². The Bertz CT molecular complexity index is 269. The van der Waals surface area contributed by atoms with Crippen LogP contribution in [0.25, 0.3) is 0 Å². The Hall–Kier alpha value is -0.240. The van der Waals surface area contributed by atoms with E-state index in [-0.39, 0.29) is 5.60 Å². The van der Waals surface area contributed by atoms with Crippen molar-refractivity contribution in [3.63, 3.8) is 0 Å². The van der Waals surface area contributed by atoms with Gasteiger partial charge in [0.25, 0.3) is 0 Å². The fourth-order valence-corrected chi connectivity index (χ4v) is 1.88. The summed E-state index contributed by atoms with van der Waals surface area (Å²) >= 11 is 0. The highest BCUT2D eigenvalue weighted by atomic mass is 16.5. The Kier molecular flexibility index (Phi) is 17.0. The summed E-state index contributed by atoms with van der Waals surface area (Å²) in [6, 6.07) is 0.510. The van der Waals surface area contributed by atoms with Crippen molar-refractivity contribution in [2.75, 3.05) is 66.0 Å². The number of rotatable bonds is 18. The summed E-state index contributed by atoms with van der Waals surface area (Å²) in [4.78, 5) is 0. The van der Waals surface area contributed by atoms with Crippen LogP contribution >= 0.6 is 0 Å². The lowest BCUT2D eigenvalue weighted by atomic mass is 10.2. The van der Waals surface area contributed by atoms with Gasteiger partial charge < -0.3 is 29.0 Å². The number of hydrogen-bond acceptors (Lipinski definition) is 6. The molecule has 0 fully saturated rings. The molecule has 0 unspecified atom stereocenters. The Labute approximate surface area is 154 Å². The molecule has 0 atom stereocenters. The summed E-state index contributed by atoms with van der Waals surface area (Å²) in [6.07, 6.45) is 2.02.